The summed E-state index contributed by atoms with van der Waals surface area (Å²) < 4.78 is 77.9. The van der Waals surface area contributed by atoms with Gasteiger partial charge in [-0.1, -0.05) is 17.7 Å². The minimum Gasteiger partial charge on any atom is -0.263 e. The molecule has 0 saturated carbocycles. The van der Waals surface area contributed by atoms with Gasteiger partial charge >= 0.3 is 6.18 Å². The maximum Gasteiger partial charge on any atom is 0.416 e. The van der Waals surface area contributed by atoms with Gasteiger partial charge in [0.05, 0.1) is 22.7 Å². The number of benzene rings is 2. The van der Waals surface area contributed by atoms with E-state index < -0.39 is 34.5 Å². The minimum atomic E-state index is -4.54. The third-order valence-electron chi connectivity index (χ3n) is 3.51. The second kappa shape index (κ2) is 7.03. The van der Waals surface area contributed by atoms with E-state index in [9.17, 15) is 26.0 Å². The number of hydrogen-bond donors (Lipinski definition) is 0. The highest BCUT2D eigenvalue weighted by atomic mass is 32.2. The summed E-state index contributed by atoms with van der Waals surface area (Å²) in [5.74, 6) is 0. The third kappa shape index (κ3) is 4.50. The molecule has 25 heavy (non-hydrogen) atoms. The van der Waals surface area contributed by atoms with Gasteiger partial charge in [-0.2, -0.15) is 13.2 Å². The molecule has 0 aromatic heterocycles. The van der Waals surface area contributed by atoms with Gasteiger partial charge in [0, 0.05) is 0 Å². The van der Waals surface area contributed by atoms with E-state index in [0.29, 0.717) is 0 Å². The normalized spacial score (nSPS) is 13.5. The van der Waals surface area contributed by atoms with E-state index in [-0.39, 0.29) is 10.6 Å². The van der Waals surface area contributed by atoms with Crippen LogP contribution in [0.5, 0.6) is 0 Å². The van der Waals surface area contributed by atoms with E-state index in [1.807, 2.05) is 0 Å². The van der Waals surface area contributed by atoms with Crippen molar-refractivity contribution in [2.24, 2.45) is 0 Å². The molecule has 0 aliphatic rings. The van der Waals surface area contributed by atoms with Crippen LogP contribution in [0.1, 0.15) is 18.1 Å². The van der Waals surface area contributed by atoms with Gasteiger partial charge in [0.25, 0.3) is 10.0 Å². The SMILES string of the molecule is Cc1ccc(S(=O)(=O)N(CC(C)F)c2ccc(C(F)(F)F)cc2)cc1. The number of anilines is 1. The molecule has 0 aliphatic heterocycles. The lowest BCUT2D eigenvalue weighted by molar-refractivity contribution is -0.137. The van der Waals surface area contributed by atoms with Gasteiger partial charge in [0.1, 0.15) is 6.17 Å². The fourth-order valence-electron chi connectivity index (χ4n) is 2.22. The number of rotatable bonds is 5. The van der Waals surface area contributed by atoms with Gasteiger partial charge < -0.3 is 0 Å². The molecule has 136 valence electrons. The molecule has 2 aromatic carbocycles. The Bertz CT molecular complexity index is 813. The van der Waals surface area contributed by atoms with E-state index in [2.05, 4.69) is 0 Å². The number of halogens is 4. The Labute approximate surface area is 143 Å². The lowest BCUT2D eigenvalue weighted by atomic mass is 10.2. The van der Waals surface area contributed by atoms with Crippen LogP contribution in [-0.4, -0.2) is 21.1 Å². The Morgan fingerprint density at radius 3 is 1.96 bits per heavy atom. The van der Waals surface area contributed by atoms with Crippen LogP contribution in [0.25, 0.3) is 0 Å². The van der Waals surface area contributed by atoms with Crippen LogP contribution in [0.15, 0.2) is 53.4 Å². The van der Waals surface area contributed by atoms with Crippen LogP contribution in [0.4, 0.5) is 23.2 Å². The van der Waals surface area contributed by atoms with Gasteiger partial charge in [-0.25, -0.2) is 12.8 Å². The van der Waals surface area contributed by atoms with Crippen molar-refractivity contribution in [1.82, 2.24) is 0 Å². The molecule has 0 bridgehead atoms. The Kier molecular flexibility index (Phi) is 5.41. The lowest BCUT2D eigenvalue weighted by Crippen LogP contribution is -2.35. The second-order valence-electron chi connectivity index (χ2n) is 5.67. The number of hydrogen-bond acceptors (Lipinski definition) is 2. The Morgan fingerprint density at radius 1 is 1.00 bits per heavy atom. The Morgan fingerprint density at radius 2 is 1.52 bits per heavy atom. The summed E-state index contributed by atoms with van der Waals surface area (Å²) in [4.78, 5) is -0.0568. The molecule has 8 heteroatoms. The maximum atomic E-state index is 13.5. The summed E-state index contributed by atoms with van der Waals surface area (Å²) >= 11 is 0. The van der Waals surface area contributed by atoms with Crippen LogP contribution in [0.3, 0.4) is 0 Å². The van der Waals surface area contributed by atoms with Gasteiger partial charge in [-0.05, 0) is 50.2 Å². The molecule has 0 amide bonds. The lowest BCUT2D eigenvalue weighted by Gasteiger charge is -2.25. The molecule has 2 aromatic rings. The highest BCUT2D eigenvalue weighted by molar-refractivity contribution is 7.92. The number of alkyl halides is 4. The van der Waals surface area contributed by atoms with Crippen LogP contribution < -0.4 is 4.31 Å². The number of nitrogens with zero attached hydrogens (tertiary/aromatic N) is 1. The smallest absolute Gasteiger partial charge is 0.263 e. The molecule has 3 nitrogen and oxygen atoms in total. The first kappa shape index (κ1) is 19.2. The van der Waals surface area contributed by atoms with E-state index in [1.54, 1.807) is 19.1 Å². The monoisotopic (exact) mass is 375 g/mol. The maximum absolute atomic E-state index is 13.5. The van der Waals surface area contributed by atoms with Crippen molar-refractivity contribution in [2.75, 3.05) is 10.8 Å². The molecule has 1 atom stereocenters. The number of aryl methyl sites for hydroxylation is 1. The minimum absolute atomic E-state index is 0.0296. The van der Waals surface area contributed by atoms with E-state index in [1.165, 1.54) is 19.1 Å². The molecule has 0 N–H and O–H groups in total. The van der Waals surface area contributed by atoms with Crippen LogP contribution in [-0.2, 0) is 16.2 Å². The fourth-order valence-corrected chi connectivity index (χ4v) is 3.76. The topological polar surface area (TPSA) is 37.4 Å². The summed E-state index contributed by atoms with van der Waals surface area (Å²) in [7, 11) is -4.10. The Hall–Kier alpha value is -2.09. The van der Waals surface area contributed by atoms with Crippen molar-refractivity contribution >= 4 is 15.7 Å². The molecule has 1 unspecified atom stereocenters. The molecule has 0 aliphatic carbocycles. The van der Waals surface area contributed by atoms with Crippen molar-refractivity contribution < 1.29 is 26.0 Å². The molecule has 0 saturated heterocycles. The molecule has 2 rings (SSSR count). The summed E-state index contributed by atoms with van der Waals surface area (Å²) in [6.45, 7) is 2.47. The average molecular weight is 375 g/mol. The summed E-state index contributed by atoms with van der Waals surface area (Å²) in [6, 6.07) is 9.54. The summed E-state index contributed by atoms with van der Waals surface area (Å²) in [5, 5.41) is 0. The van der Waals surface area contributed by atoms with Crippen LogP contribution in [0.2, 0.25) is 0 Å². The second-order valence-corrected chi connectivity index (χ2v) is 7.54. The fraction of sp³-hybridized carbons (Fsp3) is 0.294. The van der Waals surface area contributed by atoms with Crippen molar-refractivity contribution in [1.29, 1.82) is 0 Å². The standard InChI is InChI=1S/C17H17F4NO2S/c1-12-3-9-16(10-4-12)25(23,24)22(11-13(2)18)15-7-5-14(6-8-15)17(19,20)21/h3-10,13H,11H2,1-2H3. The zero-order chi connectivity index (χ0) is 18.8. The van der Waals surface area contributed by atoms with Crippen molar-refractivity contribution in [3.63, 3.8) is 0 Å². The molecule has 0 spiro atoms. The van der Waals surface area contributed by atoms with Gasteiger partial charge in [-0.15, -0.1) is 0 Å². The van der Waals surface area contributed by atoms with E-state index in [4.69, 9.17) is 0 Å². The van der Waals surface area contributed by atoms with E-state index in [0.717, 1.165) is 34.1 Å². The summed E-state index contributed by atoms with van der Waals surface area (Å²) in [5.41, 5.74) is -0.0887. The third-order valence-corrected chi connectivity index (χ3v) is 5.32. The number of sulfonamides is 1. The van der Waals surface area contributed by atoms with Crippen molar-refractivity contribution in [2.45, 2.75) is 31.1 Å². The van der Waals surface area contributed by atoms with Gasteiger partial charge in [-0.3, -0.25) is 4.31 Å². The molecular formula is C17H17F4NO2S. The van der Waals surface area contributed by atoms with Crippen molar-refractivity contribution in [3.8, 4) is 0 Å². The van der Waals surface area contributed by atoms with Gasteiger partial charge in [0.2, 0.25) is 0 Å². The van der Waals surface area contributed by atoms with Crippen LogP contribution >= 0.6 is 0 Å². The predicted octanol–water partition coefficient (Wildman–Crippen LogP) is 4.57. The first-order valence-electron chi connectivity index (χ1n) is 7.42. The summed E-state index contributed by atoms with van der Waals surface area (Å²) in [6.07, 6.45) is -6.03. The average Bonchev–Trinajstić information content (AvgIpc) is 2.52. The zero-order valence-corrected chi connectivity index (χ0v) is 14.4. The van der Waals surface area contributed by atoms with E-state index >= 15 is 0 Å². The van der Waals surface area contributed by atoms with Crippen LogP contribution in [0, 0.1) is 6.92 Å². The molecular weight excluding hydrogens is 358 g/mol. The largest absolute Gasteiger partial charge is 0.416 e. The van der Waals surface area contributed by atoms with Gasteiger partial charge in [0.15, 0.2) is 0 Å². The highest BCUT2D eigenvalue weighted by Gasteiger charge is 2.31. The van der Waals surface area contributed by atoms with Crippen molar-refractivity contribution in [3.05, 3.63) is 59.7 Å². The first-order chi connectivity index (χ1) is 11.5. The quantitative estimate of drug-likeness (QED) is 0.718. The Balaban J connectivity index is 2.47. The molecule has 0 fully saturated rings. The predicted molar refractivity (Wildman–Crippen MR) is 87.7 cm³/mol. The first-order valence-corrected chi connectivity index (χ1v) is 8.86. The molecule has 0 heterocycles. The highest BCUT2D eigenvalue weighted by Crippen LogP contribution is 2.32. The zero-order valence-electron chi connectivity index (χ0n) is 13.6. The molecule has 0 radical (unpaired) electrons.